The molecule has 3 N–H and O–H groups in total. The van der Waals surface area contributed by atoms with Crippen LogP contribution in [-0.2, 0) is 4.79 Å². The largest absolute Gasteiger partial charge is 0.465 e. The van der Waals surface area contributed by atoms with Crippen LogP contribution in [0.15, 0.2) is 36.9 Å². The minimum absolute atomic E-state index is 0.0371. The molecule has 2 rings (SSSR count). The molecule has 0 bridgehead atoms. The van der Waals surface area contributed by atoms with E-state index in [1.54, 1.807) is 18.2 Å². The lowest BCUT2D eigenvalue weighted by Gasteiger charge is -2.36. The lowest BCUT2D eigenvalue weighted by atomic mass is 9.89. The van der Waals surface area contributed by atoms with Crippen LogP contribution in [0.1, 0.15) is 30.9 Å². The summed E-state index contributed by atoms with van der Waals surface area (Å²) in [6, 6.07) is 5.31. The summed E-state index contributed by atoms with van der Waals surface area (Å²) >= 11 is 0. The molecule has 130 valence electrons. The van der Waals surface area contributed by atoms with E-state index in [0.717, 1.165) is 0 Å². The smallest absolute Gasteiger partial charge is 0.407 e. The molecule has 2 amide bonds. The Morgan fingerprint density at radius 1 is 1.33 bits per heavy atom. The quantitative estimate of drug-likeness (QED) is 0.718. The van der Waals surface area contributed by atoms with Gasteiger partial charge in [0.05, 0.1) is 6.04 Å². The highest BCUT2D eigenvalue weighted by Crippen LogP contribution is 2.25. The lowest BCUT2D eigenvalue weighted by molar-refractivity contribution is -0.145. The number of likely N-dealkylation sites (tertiary alicyclic amines) is 1. The van der Waals surface area contributed by atoms with Crippen LogP contribution < -0.4 is 5.32 Å². The molecule has 24 heavy (non-hydrogen) atoms. The maximum atomic E-state index is 13.1. The highest BCUT2D eigenvalue weighted by atomic mass is 19.1. The fourth-order valence-electron chi connectivity index (χ4n) is 2.73. The van der Waals surface area contributed by atoms with E-state index < -0.39 is 23.6 Å². The maximum absolute atomic E-state index is 13.1. The molecule has 1 saturated heterocycles. The highest BCUT2D eigenvalue weighted by Gasteiger charge is 2.41. The van der Waals surface area contributed by atoms with E-state index in [1.807, 2.05) is 0 Å². The third kappa shape index (κ3) is 4.11. The Morgan fingerprint density at radius 2 is 1.92 bits per heavy atom. The normalized spacial score (nSPS) is 17.8. The van der Waals surface area contributed by atoms with Gasteiger partial charge in [-0.1, -0.05) is 18.2 Å². The fourth-order valence-corrected chi connectivity index (χ4v) is 2.73. The number of halogens is 1. The zero-order valence-electron chi connectivity index (χ0n) is 13.2. The van der Waals surface area contributed by atoms with Gasteiger partial charge < -0.3 is 20.4 Å². The summed E-state index contributed by atoms with van der Waals surface area (Å²) in [4.78, 5) is 24.6. The summed E-state index contributed by atoms with van der Waals surface area (Å²) < 4.78 is 13.1. The summed E-state index contributed by atoms with van der Waals surface area (Å²) in [5.41, 5.74) is -0.901. The number of hydrogen-bond donors (Lipinski definition) is 3. The summed E-state index contributed by atoms with van der Waals surface area (Å²) in [6.07, 6.45) is 1.07. The SMILES string of the molecule is C=CC[C@H](NC(=O)C1(O)CCN(C(=O)O)CC1)c1ccc(F)cc1. The summed E-state index contributed by atoms with van der Waals surface area (Å²) in [5, 5.41) is 22.2. The third-order valence-electron chi connectivity index (χ3n) is 4.26. The van der Waals surface area contributed by atoms with Crippen molar-refractivity contribution in [1.29, 1.82) is 0 Å². The van der Waals surface area contributed by atoms with Crippen molar-refractivity contribution in [2.75, 3.05) is 13.1 Å². The van der Waals surface area contributed by atoms with Gasteiger partial charge in [-0.25, -0.2) is 9.18 Å². The second-order valence-electron chi connectivity index (χ2n) is 5.90. The van der Waals surface area contributed by atoms with E-state index in [1.165, 1.54) is 17.0 Å². The molecule has 1 atom stereocenters. The van der Waals surface area contributed by atoms with Gasteiger partial charge in [0.2, 0.25) is 0 Å². The number of nitrogens with one attached hydrogen (secondary N) is 1. The average molecular weight is 336 g/mol. The van der Waals surface area contributed by atoms with Crippen molar-refractivity contribution in [3.8, 4) is 0 Å². The first-order valence-electron chi connectivity index (χ1n) is 7.73. The van der Waals surface area contributed by atoms with E-state index >= 15 is 0 Å². The number of amides is 2. The van der Waals surface area contributed by atoms with Crippen molar-refractivity contribution < 1.29 is 24.2 Å². The number of carbonyl (C=O) groups excluding carboxylic acids is 1. The predicted molar refractivity (Wildman–Crippen MR) is 85.9 cm³/mol. The van der Waals surface area contributed by atoms with E-state index in [9.17, 15) is 19.1 Å². The standard InChI is InChI=1S/C17H21FN2O4/c1-2-3-14(12-4-6-13(18)7-5-12)19-15(21)17(24)8-10-20(11-9-17)16(22)23/h2,4-7,14,24H,1,3,8-11H2,(H,19,21)(H,22,23)/t14-/m0/s1. The van der Waals surface area contributed by atoms with Crippen molar-refractivity contribution in [2.24, 2.45) is 0 Å². The van der Waals surface area contributed by atoms with E-state index in [0.29, 0.717) is 12.0 Å². The molecule has 0 aromatic heterocycles. The second kappa shape index (κ2) is 7.44. The Morgan fingerprint density at radius 3 is 2.42 bits per heavy atom. The predicted octanol–water partition coefficient (Wildman–Crippen LogP) is 2.06. The molecule has 1 aromatic rings. The molecular weight excluding hydrogens is 315 g/mol. The van der Waals surface area contributed by atoms with Crippen LogP contribution in [0.2, 0.25) is 0 Å². The number of carbonyl (C=O) groups is 2. The molecule has 1 aromatic carbocycles. The van der Waals surface area contributed by atoms with Gasteiger partial charge in [0.15, 0.2) is 0 Å². The molecule has 1 aliphatic rings. The van der Waals surface area contributed by atoms with Gasteiger partial charge in [0.1, 0.15) is 11.4 Å². The number of aliphatic hydroxyl groups is 1. The minimum atomic E-state index is -1.61. The van der Waals surface area contributed by atoms with Crippen LogP contribution in [-0.4, -0.2) is 45.8 Å². The fraction of sp³-hybridized carbons (Fsp3) is 0.412. The Bertz CT molecular complexity index is 610. The molecule has 1 aliphatic heterocycles. The molecule has 0 unspecified atom stereocenters. The van der Waals surface area contributed by atoms with Crippen LogP contribution in [0.3, 0.4) is 0 Å². The van der Waals surface area contributed by atoms with Crippen molar-refractivity contribution in [3.05, 3.63) is 48.3 Å². The van der Waals surface area contributed by atoms with Crippen molar-refractivity contribution >= 4 is 12.0 Å². The Hall–Kier alpha value is -2.41. The van der Waals surface area contributed by atoms with Crippen molar-refractivity contribution in [3.63, 3.8) is 0 Å². The van der Waals surface area contributed by atoms with Crippen LogP contribution in [0.5, 0.6) is 0 Å². The minimum Gasteiger partial charge on any atom is -0.465 e. The van der Waals surface area contributed by atoms with Crippen molar-refractivity contribution in [1.82, 2.24) is 10.2 Å². The first-order valence-corrected chi connectivity index (χ1v) is 7.73. The average Bonchev–Trinajstić information content (AvgIpc) is 2.55. The Balaban J connectivity index is 2.06. The number of benzene rings is 1. The van der Waals surface area contributed by atoms with Crippen molar-refractivity contribution in [2.45, 2.75) is 30.9 Å². The number of rotatable bonds is 5. The first kappa shape index (κ1) is 17.9. The lowest BCUT2D eigenvalue weighted by Crippen LogP contribution is -2.55. The molecule has 0 spiro atoms. The zero-order valence-corrected chi connectivity index (χ0v) is 13.2. The zero-order chi connectivity index (χ0) is 17.7. The number of nitrogens with zero attached hydrogens (tertiary/aromatic N) is 1. The maximum Gasteiger partial charge on any atom is 0.407 e. The molecule has 0 aliphatic carbocycles. The summed E-state index contributed by atoms with van der Waals surface area (Å²) in [7, 11) is 0. The van der Waals surface area contributed by atoms with Crippen LogP contribution in [0.25, 0.3) is 0 Å². The number of carboxylic acid groups (broad SMARTS) is 1. The molecule has 7 heteroatoms. The molecular formula is C17H21FN2O4. The first-order chi connectivity index (χ1) is 11.4. The molecule has 0 radical (unpaired) electrons. The van der Waals surface area contributed by atoms with Crippen LogP contribution >= 0.6 is 0 Å². The van der Waals surface area contributed by atoms with Gasteiger partial charge in [0, 0.05) is 25.9 Å². The number of hydrogen-bond acceptors (Lipinski definition) is 3. The Labute approximate surface area is 139 Å². The van der Waals surface area contributed by atoms with Crippen LogP contribution in [0, 0.1) is 5.82 Å². The summed E-state index contributed by atoms with van der Waals surface area (Å²) in [5.74, 6) is -0.925. The number of piperidine rings is 1. The third-order valence-corrected chi connectivity index (χ3v) is 4.26. The van der Waals surface area contributed by atoms with E-state index in [4.69, 9.17) is 5.11 Å². The molecule has 0 saturated carbocycles. The second-order valence-corrected chi connectivity index (χ2v) is 5.90. The highest BCUT2D eigenvalue weighted by molar-refractivity contribution is 5.85. The van der Waals surface area contributed by atoms with Crippen LogP contribution in [0.4, 0.5) is 9.18 Å². The van der Waals surface area contributed by atoms with Gasteiger partial charge in [-0.15, -0.1) is 6.58 Å². The van der Waals surface area contributed by atoms with Gasteiger partial charge >= 0.3 is 6.09 Å². The molecule has 1 fully saturated rings. The van der Waals surface area contributed by atoms with Gasteiger partial charge in [-0.3, -0.25) is 4.79 Å². The Kier molecular flexibility index (Phi) is 5.56. The van der Waals surface area contributed by atoms with Gasteiger partial charge in [-0.2, -0.15) is 0 Å². The molecule has 6 nitrogen and oxygen atoms in total. The van der Waals surface area contributed by atoms with E-state index in [-0.39, 0.29) is 31.7 Å². The summed E-state index contributed by atoms with van der Waals surface area (Å²) in [6.45, 7) is 3.85. The molecule has 1 heterocycles. The van der Waals surface area contributed by atoms with E-state index in [2.05, 4.69) is 11.9 Å². The van der Waals surface area contributed by atoms with Gasteiger partial charge in [-0.05, 0) is 24.1 Å². The topological polar surface area (TPSA) is 89.9 Å². The van der Waals surface area contributed by atoms with Gasteiger partial charge in [0.25, 0.3) is 5.91 Å². The monoisotopic (exact) mass is 336 g/mol.